The highest BCUT2D eigenvalue weighted by Crippen LogP contribution is 2.36. The first kappa shape index (κ1) is 14.0. The third-order valence-corrected chi connectivity index (χ3v) is 2.91. The van der Waals surface area contributed by atoms with Crippen LogP contribution in [0.5, 0.6) is 0 Å². The molecular formula is C13H18O6. The van der Waals surface area contributed by atoms with Crippen molar-refractivity contribution in [2.24, 2.45) is 0 Å². The van der Waals surface area contributed by atoms with E-state index in [1.54, 1.807) is 26.0 Å². The Balaban J connectivity index is 2.21. The van der Waals surface area contributed by atoms with Crippen LogP contribution in [0.1, 0.15) is 27.7 Å². The third kappa shape index (κ3) is 3.13. The van der Waals surface area contributed by atoms with Crippen molar-refractivity contribution in [3.05, 3.63) is 12.2 Å². The summed E-state index contributed by atoms with van der Waals surface area (Å²) in [5, 5.41) is 0. The van der Waals surface area contributed by atoms with Crippen LogP contribution < -0.4 is 0 Å². The quantitative estimate of drug-likeness (QED) is 0.549. The van der Waals surface area contributed by atoms with Crippen molar-refractivity contribution in [2.75, 3.05) is 0 Å². The normalized spacial score (nSPS) is 35.6. The summed E-state index contributed by atoms with van der Waals surface area (Å²) in [6.45, 7) is 6.18. The first-order valence-corrected chi connectivity index (χ1v) is 6.17. The van der Waals surface area contributed by atoms with Gasteiger partial charge in [-0.3, -0.25) is 9.59 Å². The molecule has 1 heterocycles. The number of hydrogen-bond acceptors (Lipinski definition) is 6. The van der Waals surface area contributed by atoms with Gasteiger partial charge >= 0.3 is 11.9 Å². The molecule has 4 atom stereocenters. The second kappa shape index (κ2) is 4.94. The minimum atomic E-state index is -0.761. The Morgan fingerprint density at radius 1 is 1.05 bits per heavy atom. The first-order chi connectivity index (χ1) is 8.78. The molecule has 1 fully saturated rings. The predicted molar refractivity (Wildman–Crippen MR) is 64.1 cm³/mol. The van der Waals surface area contributed by atoms with Crippen LogP contribution in [0.4, 0.5) is 0 Å². The lowest BCUT2D eigenvalue weighted by Crippen LogP contribution is -2.49. The van der Waals surface area contributed by atoms with E-state index in [-0.39, 0.29) is 6.10 Å². The number of fused-ring (bicyclic) bond motifs is 1. The van der Waals surface area contributed by atoms with Crippen molar-refractivity contribution in [2.45, 2.75) is 57.9 Å². The highest BCUT2D eigenvalue weighted by atomic mass is 16.8. The van der Waals surface area contributed by atoms with Crippen LogP contribution >= 0.6 is 0 Å². The summed E-state index contributed by atoms with van der Waals surface area (Å²) in [6, 6.07) is 0. The van der Waals surface area contributed by atoms with E-state index in [2.05, 4.69) is 0 Å². The molecule has 0 amide bonds. The van der Waals surface area contributed by atoms with Crippen LogP contribution in [-0.2, 0) is 28.5 Å². The molecule has 0 unspecified atom stereocenters. The minimum absolute atomic E-state index is 0.314. The Labute approximate surface area is 111 Å². The molecule has 0 saturated carbocycles. The van der Waals surface area contributed by atoms with Gasteiger partial charge < -0.3 is 18.9 Å². The van der Waals surface area contributed by atoms with Crippen molar-refractivity contribution in [1.82, 2.24) is 0 Å². The summed E-state index contributed by atoms with van der Waals surface area (Å²) >= 11 is 0. The predicted octanol–water partition coefficient (Wildman–Crippen LogP) is 0.940. The maximum absolute atomic E-state index is 11.2. The lowest BCUT2D eigenvalue weighted by molar-refractivity contribution is -0.183. The van der Waals surface area contributed by atoms with Gasteiger partial charge in [-0.05, 0) is 19.9 Å². The molecule has 0 spiro atoms. The van der Waals surface area contributed by atoms with E-state index < -0.39 is 36.0 Å². The average molecular weight is 270 g/mol. The zero-order chi connectivity index (χ0) is 14.2. The Bertz CT molecular complexity index is 413. The van der Waals surface area contributed by atoms with Crippen molar-refractivity contribution in [1.29, 1.82) is 0 Å². The molecule has 106 valence electrons. The van der Waals surface area contributed by atoms with Crippen LogP contribution in [0.2, 0.25) is 0 Å². The fraction of sp³-hybridized carbons (Fsp3) is 0.692. The molecule has 6 heteroatoms. The van der Waals surface area contributed by atoms with Gasteiger partial charge in [0.15, 0.2) is 18.0 Å². The van der Waals surface area contributed by atoms with E-state index in [1.165, 1.54) is 13.8 Å². The van der Waals surface area contributed by atoms with Gasteiger partial charge in [-0.25, -0.2) is 0 Å². The molecule has 1 saturated heterocycles. The van der Waals surface area contributed by atoms with E-state index in [1.807, 2.05) is 0 Å². The van der Waals surface area contributed by atoms with Gasteiger partial charge in [0.05, 0.1) is 0 Å². The van der Waals surface area contributed by atoms with Crippen LogP contribution in [-0.4, -0.2) is 42.1 Å². The van der Waals surface area contributed by atoms with E-state index in [0.29, 0.717) is 0 Å². The number of ether oxygens (including phenoxy) is 4. The monoisotopic (exact) mass is 270 g/mol. The van der Waals surface area contributed by atoms with Gasteiger partial charge in [0.25, 0.3) is 0 Å². The highest BCUT2D eigenvalue weighted by Gasteiger charge is 2.50. The summed E-state index contributed by atoms with van der Waals surface area (Å²) in [4.78, 5) is 22.3. The molecular weight excluding hydrogens is 252 g/mol. The second-order valence-corrected chi connectivity index (χ2v) is 5.10. The average Bonchev–Trinajstić information content (AvgIpc) is 2.55. The lowest BCUT2D eigenvalue weighted by atomic mass is 9.96. The summed E-state index contributed by atoms with van der Waals surface area (Å²) in [7, 11) is 0. The zero-order valence-corrected chi connectivity index (χ0v) is 11.4. The Hall–Kier alpha value is -1.40. The largest absolute Gasteiger partial charge is 0.455 e. The SMILES string of the molecule is CC(=O)O[C@H]1[C@@H]2OC(C)(C)O[C@@H]2C=C[C@@H]1OC(C)=O. The zero-order valence-electron chi connectivity index (χ0n) is 11.4. The van der Waals surface area contributed by atoms with Crippen LogP contribution in [0.25, 0.3) is 0 Å². The first-order valence-electron chi connectivity index (χ1n) is 6.17. The Morgan fingerprint density at radius 3 is 2.26 bits per heavy atom. The van der Waals surface area contributed by atoms with E-state index >= 15 is 0 Å². The molecule has 0 radical (unpaired) electrons. The van der Waals surface area contributed by atoms with Gasteiger partial charge in [0.1, 0.15) is 12.2 Å². The summed E-state index contributed by atoms with van der Waals surface area (Å²) < 4.78 is 21.8. The second-order valence-electron chi connectivity index (χ2n) is 5.10. The van der Waals surface area contributed by atoms with E-state index in [4.69, 9.17) is 18.9 Å². The molecule has 0 aromatic heterocycles. The molecule has 1 aliphatic heterocycles. The smallest absolute Gasteiger partial charge is 0.303 e. The van der Waals surface area contributed by atoms with Crippen molar-refractivity contribution in [3.8, 4) is 0 Å². The lowest BCUT2D eigenvalue weighted by Gasteiger charge is -2.32. The number of carbonyl (C=O) groups excluding carboxylic acids is 2. The molecule has 0 aromatic rings. The molecule has 0 bridgehead atoms. The van der Waals surface area contributed by atoms with Crippen LogP contribution in [0.15, 0.2) is 12.2 Å². The number of hydrogen-bond donors (Lipinski definition) is 0. The van der Waals surface area contributed by atoms with E-state index in [0.717, 1.165) is 0 Å². The topological polar surface area (TPSA) is 71.1 Å². The molecule has 0 aromatic carbocycles. The van der Waals surface area contributed by atoms with Crippen LogP contribution in [0.3, 0.4) is 0 Å². The Kier molecular flexibility index (Phi) is 3.64. The number of rotatable bonds is 2. The van der Waals surface area contributed by atoms with E-state index in [9.17, 15) is 9.59 Å². The van der Waals surface area contributed by atoms with Gasteiger partial charge in [-0.2, -0.15) is 0 Å². The van der Waals surface area contributed by atoms with Crippen molar-refractivity contribution >= 4 is 11.9 Å². The minimum Gasteiger partial charge on any atom is -0.455 e. The number of carbonyl (C=O) groups is 2. The molecule has 1 aliphatic carbocycles. The fourth-order valence-corrected chi connectivity index (χ4v) is 2.36. The van der Waals surface area contributed by atoms with Gasteiger partial charge in [-0.15, -0.1) is 0 Å². The standard InChI is InChI=1S/C13H18O6/c1-7(14)16-9-5-6-10-12(11(9)17-8(2)15)19-13(3,4)18-10/h5-6,9-12H,1-4H3/t9-,10+,11+,12+/m0/s1. The summed E-state index contributed by atoms with van der Waals surface area (Å²) in [6.07, 6.45) is 1.30. The molecule has 6 nitrogen and oxygen atoms in total. The third-order valence-electron chi connectivity index (χ3n) is 2.91. The maximum Gasteiger partial charge on any atom is 0.303 e. The van der Waals surface area contributed by atoms with Crippen molar-refractivity contribution < 1.29 is 28.5 Å². The molecule has 2 aliphatic rings. The fourth-order valence-electron chi connectivity index (χ4n) is 2.36. The molecule has 19 heavy (non-hydrogen) atoms. The van der Waals surface area contributed by atoms with Crippen LogP contribution in [0, 0.1) is 0 Å². The summed E-state index contributed by atoms with van der Waals surface area (Å²) in [5.74, 6) is -1.66. The van der Waals surface area contributed by atoms with Gasteiger partial charge in [0, 0.05) is 13.8 Å². The van der Waals surface area contributed by atoms with Gasteiger partial charge in [0.2, 0.25) is 0 Å². The van der Waals surface area contributed by atoms with Crippen molar-refractivity contribution in [3.63, 3.8) is 0 Å². The summed E-state index contributed by atoms with van der Waals surface area (Å²) in [5.41, 5.74) is 0. The van der Waals surface area contributed by atoms with Gasteiger partial charge in [-0.1, -0.05) is 6.08 Å². The molecule has 2 rings (SSSR count). The number of esters is 2. The maximum atomic E-state index is 11.2. The Morgan fingerprint density at radius 2 is 1.68 bits per heavy atom. The molecule has 0 N–H and O–H groups in total. The highest BCUT2D eigenvalue weighted by molar-refractivity contribution is 5.67.